The Kier molecular flexibility index (Phi) is 8.22. The third kappa shape index (κ3) is 8.80. The average Bonchev–Trinajstić information content (AvgIpc) is 3.21. The number of nitrogens with one attached hydrogen (secondary N) is 1. The molecule has 2 N–H and O–H groups in total. The number of aliphatic hydroxyl groups excluding tert-OH is 1. The molecular weight excluding hydrogens is 260 g/mol. The summed E-state index contributed by atoms with van der Waals surface area (Å²) in [6, 6.07) is 0.655. The fourth-order valence-corrected chi connectivity index (χ4v) is 2.54. The Balaban J connectivity index is 2.40. The van der Waals surface area contributed by atoms with E-state index < -0.39 is 0 Å². The van der Waals surface area contributed by atoms with Crippen LogP contribution in [0.1, 0.15) is 66.7 Å². The van der Waals surface area contributed by atoms with Crippen molar-refractivity contribution in [3.8, 4) is 0 Å². The summed E-state index contributed by atoms with van der Waals surface area (Å²) < 4.78 is 0. The quantitative estimate of drug-likeness (QED) is 0.580. The predicted molar refractivity (Wildman–Crippen MR) is 91.6 cm³/mol. The Morgan fingerprint density at radius 3 is 1.95 bits per heavy atom. The van der Waals surface area contributed by atoms with Crippen LogP contribution in [-0.2, 0) is 0 Å². The first kappa shape index (κ1) is 18.9. The SMILES string of the molecule is CC(C)CCN(CCC(C)C)CCC(C)(CO)NC1CC1. The van der Waals surface area contributed by atoms with Gasteiger partial charge in [0.15, 0.2) is 0 Å². The standard InChI is InChI=1S/C18H38N2O/c1-15(2)8-11-20(12-9-16(3)4)13-10-18(5,14-21)19-17-6-7-17/h15-17,19,21H,6-14H2,1-5H3. The minimum absolute atomic E-state index is 0.102. The zero-order valence-electron chi connectivity index (χ0n) is 15.0. The van der Waals surface area contributed by atoms with Gasteiger partial charge in [-0.05, 0) is 70.5 Å². The summed E-state index contributed by atoms with van der Waals surface area (Å²) in [5.41, 5.74) is -0.102. The molecule has 0 aromatic heterocycles. The summed E-state index contributed by atoms with van der Waals surface area (Å²) in [7, 11) is 0. The second-order valence-electron chi connectivity index (χ2n) is 8.09. The summed E-state index contributed by atoms with van der Waals surface area (Å²) in [5, 5.41) is 13.4. The molecule has 1 atom stereocenters. The highest BCUT2D eigenvalue weighted by molar-refractivity contribution is 4.92. The van der Waals surface area contributed by atoms with Gasteiger partial charge in [-0.25, -0.2) is 0 Å². The van der Waals surface area contributed by atoms with Crippen molar-refractivity contribution < 1.29 is 5.11 Å². The molecule has 3 nitrogen and oxygen atoms in total. The second kappa shape index (κ2) is 9.12. The summed E-state index contributed by atoms with van der Waals surface area (Å²) in [5.74, 6) is 1.53. The molecule has 0 bridgehead atoms. The van der Waals surface area contributed by atoms with E-state index in [0.717, 1.165) is 24.8 Å². The minimum Gasteiger partial charge on any atom is -0.394 e. The molecule has 0 aliphatic heterocycles. The summed E-state index contributed by atoms with van der Waals surface area (Å²) >= 11 is 0. The van der Waals surface area contributed by atoms with Crippen molar-refractivity contribution in [1.82, 2.24) is 10.2 Å². The van der Waals surface area contributed by atoms with Crippen LogP contribution in [-0.4, -0.2) is 47.8 Å². The molecule has 3 heteroatoms. The molecule has 0 spiro atoms. The van der Waals surface area contributed by atoms with Gasteiger partial charge >= 0.3 is 0 Å². The lowest BCUT2D eigenvalue weighted by Gasteiger charge is -2.33. The van der Waals surface area contributed by atoms with Crippen LogP contribution in [0.2, 0.25) is 0 Å². The molecule has 0 heterocycles. The van der Waals surface area contributed by atoms with Crippen LogP contribution < -0.4 is 5.32 Å². The number of hydrogen-bond donors (Lipinski definition) is 2. The summed E-state index contributed by atoms with van der Waals surface area (Å²) in [6.45, 7) is 15.1. The van der Waals surface area contributed by atoms with Gasteiger partial charge in [-0.15, -0.1) is 0 Å². The van der Waals surface area contributed by atoms with E-state index in [0.29, 0.717) is 6.04 Å². The van der Waals surface area contributed by atoms with E-state index in [1.54, 1.807) is 0 Å². The Bertz CT molecular complexity index is 264. The first-order valence-corrected chi connectivity index (χ1v) is 8.95. The van der Waals surface area contributed by atoms with E-state index >= 15 is 0 Å². The van der Waals surface area contributed by atoms with Crippen molar-refractivity contribution >= 4 is 0 Å². The van der Waals surface area contributed by atoms with Gasteiger partial charge in [0.05, 0.1) is 6.61 Å². The van der Waals surface area contributed by atoms with Crippen LogP contribution in [0.15, 0.2) is 0 Å². The maximum absolute atomic E-state index is 9.73. The molecule has 1 saturated carbocycles. The second-order valence-corrected chi connectivity index (χ2v) is 8.09. The zero-order chi connectivity index (χ0) is 15.9. The van der Waals surface area contributed by atoms with E-state index in [-0.39, 0.29) is 12.1 Å². The van der Waals surface area contributed by atoms with Crippen molar-refractivity contribution in [2.75, 3.05) is 26.2 Å². The topological polar surface area (TPSA) is 35.5 Å². The molecule has 0 aromatic rings. The van der Waals surface area contributed by atoms with Crippen molar-refractivity contribution in [1.29, 1.82) is 0 Å². The third-order valence-corrected chi connectivity index (χ3v) is 4.50. The van der Waals surface area contributed by atoms with Gasteiger partial charge in [-0.1, -0.05) is 27.7 Å². The maximum atomic E-state index is 9.73. The van der Waals surface area contributed by atoms with Gasteiger partial charge < -0.3 is 15.3 Å². The Morgan fingerprint density at radius 1 is 1.05 bits per heavy atom. The molecule has 126 valence electrons. The van der Waals surface area contributed by atoms with Crippen LogP contribution in [0, 0.1) is 11.8 Å². The predicted octanol–water partition coefficient (Wildman–Crippen LogP) is 3.27. The summed E-state index contributed by atoms with van der Waals surface area (Å²) in [4.78, 5) is 2.60. The fourth-order valence-electron chi connectivity index (χ4n) is 2.54. The first-order chi connectivity index (χ1) is 9.84. The van der Waals surface area contributed by atoms with Crippen LogP contribution in [0.3, 0.4) is 0 Å². The summed E-state index contributed by atoms with van der Waals surface area (Å²) in [6.07, 6.45) is 6.13. The average molecular weight is 299 g/mol. The van der Waals surface area contributed by atoms with Crippen LogP contribution >= 0.6 is 0 Å². The van der Waals surface area contributed by atoms with Gasteiger partial charge in [0.1, 0.15) is 0 Å². The van der Waals surface area contributed by atoms with Crippen molar-refractivity contribution in [3.63, 3.8) is 0 Å². The van der Waals surface area contributed by atoms with Crippen LogP contribution in [0.4, 0.5) is 0 Å². The Morgan fingerprint density at radius 2 is 1.57 bits per heavy atom. The molecule has 21 heavy (non-hydrogen) atoms. The zero-order valence-corrected chi connectivity index (χ0v) is 15.0. The van der Waals surface area contributed by atoms with Gasteiger partial charge in [0, 0.05) is 11.6 Å². The van der Waals surface area contributed by atoms with Crippen molar-refractivity contribution in [2.45, 2.75) is 78.3 Å². The number of hydrogen-bond acceptors (Lipinski definition) is 3. The van der Waals surface area contributed by atoms with Gasteiger partial charge in [-0.3, -0.25) is 0 Å². The molecule has 1 aliphatic carbocycles. The van der Waals surface area contributed by atoms with E-state index in [1.165, 1.54) is 38.8 Å². The number of rotatable bonds is 12. The smallest absolute Gasteiger partial charge is 0.0611 e. The van der Waals surface area contributed by atoms with Crippen LogP contribution in [0.5, 0.6) is 0 Å². The van der Waals surface area contributed by atoms with Crippen LogP contribution in [0.25, 0.3) is 0 Å². The molecule has 0 saturated heterocycles. The molecule has 0 radical (unpaired) electrons. The molecule has 0 aromatic carbocycles. The lowest BCUT2D eigenvalue weighted by molar-refractivity contribution is 0.139. The fraction of sp³-hybridized carbons (Fsp3) is 1.00. The van der Waals surface area contributed by atoms with Crippen molar-refractivity contribution in [3.05, 3.63) is 0 Å². The lowest BCUT2D eigenvalue weighted by Crippen LogP contribution is -2.49. The largest absolute Gasteiger partial charge is 0.394 e. The third-order valence-electron chi connectivity index (χ3n) is 4.50. The number of aliphatic hydroxyl groups is 1. The molecule has 1 aliphatic rings. The molecule has 1 unspecified atom stereocenters. The minimum atomic E-state index is -0.102. The van der Waals surface area contributed by atoms with Gasteiger partial charge in [0.2, 0.25) is 0 Å². The maximum Gasteiger partial charge on any atom is 0.0611 e. The highest BCUT2D eigenvalue weighted by Gasteiger charge is 2.32. The molecule has 0 amide bonds. The monoisotopic (exact) mass is 298 g/mol. The molecular formula is C18H38N2O. The van der Waals surface area contributed by atoms with Gasteiger partial charge in [0.25, 0.3) is 0 Å². The van der Waals surface area contributed by atoms with E-state index in [2.05, 4.69) is 44.8 Å². The molecule has 1 rings (SSSR count). The normalized spacial score (nSPS) is 18.7. The Labute approximate surface area is 132 Å². The van der Waals surface area contributed by atoms with Gasteiger partial charge in [-0.2, -0.15) is 0 Å². The van der Waals surface area contributed by atoms with Crippen molar-refractivity contribution in [2.24, 2.45) is 11.8 Å². The molecule has 1 fully saturated rings. The van der Waals surface area contributed by atoms with E-state index in [4.69, 9.17) is 0 Å². The Hall–Kier alpha value is -0.120. The number of nitrogens with zero attached hydrogens (tertiary/aromatic N) is 1. The van der Waals surface area contributed by atoms with E-state index in [1.807, 2.05) is 0 Å². The first-order valence-electron chi connectivity index (χ1n) is 8.95. The lowest BCUT2D eigenvalue weighted by atomic mass is 9.98. The highest BCUT2D eigenvalue weighted by Crippen LogP contribution is 2.24. The highest BCUT2D eigenvalue weighted by atomic mass is 16.3. The van der Waals surface area contributed by atoms with E-state index in [9.17, 15) is 5.11 Å².